The number of unbranched alkanes of at least 4 members (excludes halogenated alkanes) is 2. The molecular weight excluding hydrogens is 333 g/mol. The first-order valence-corrected chi connectivity index (χ1v) is 8.47. The highest BCUT2D eigenvalue weighted by Crippen LogP contribution is 2.20. The highest BCUT2D eigenvalue weighted by molar-refractivity contribution is 5.85. The normalized spacial score (nSPS) is 19.2. The summed E-state index contributed by atoms with van der Waals surface area (Å²) in [5.41, 5.74) is 2.60. The third-order valence-corrected chi connectivity index (χ3v) is 4.40. The Balaban J connectivity index is 0.00000132. The van der Waals surface area contributed by atoms with Gasteiger partial charge in [-0.3, -0.25) is 0 Å². The van der Waals surface area contributed by atoms with Crippen molar-refractivity contribution in [3.8, 4) is 0 Å². The third-order valence-electron chi connectivity index (χ3n) is 4.40. The lowest BCUT2D eigenvalue weighted by Crippen LogP contribution is -2.17. The van der Waals surface area contributed by atoms with Gasteiger partial charge < -0.3 is 15.4 Å². The van der Waals surface area contributed by atoms with Crippen LogP contribution in [0.15, 0.2) is 12.1 Å². The van der Waals surface area contributed by atoms with Crippen LogP contribution in [0.5, 0.6) is 0 Å². The number of aromatic nitrogens is 1. The van der Waals surface area contributed by atoms with E-state index in [1.54, 1.807) is 0 Å². The van der Waals surface area contributed by atoms with E-state index in [1.807, 2.05) is 0 Å². The fourth-order valence-electron chi connectivity index (χ4n) is 3.11. The van der Waals surface area contributed by atoms with Gasteiger partial charge in [-0.1, -0.05) is 12.5 Å². The minimum Gasteiger partial charge on any atom is -0.377 e. The first kappa shape index (κ1) is 20.5. The lowest BCUT2D eigenvalue weighted by atomic mass is 10.1. The second-order valence-electron chi connectivity index (χ2n) is 6.14. The zero-order valence-corrected chi connectivity index (χ0v) is 15.3. The average Bonchev–Trinajstić information content (AvgIpc) is 3.04. The van der Waals surface area contributed by atoms with Crippen LogP contribution in [0.4, 0.5) is 5.82 Å². The van der Waals surface area contributed by atoms with Crippen LogP contribution < -0.4 is 10.6 Å². The monoisotopic (exact) mass is 361 g/mol. The van der Waals surface area contributed by atoms with Gasteiger partial charge in [0.1, 0.15) is 5.82 Å². The molecule has 1 aromatic heterocycles. The van der Waals surface area contributed by atoms with Gasteiger partial charge in [0.15, 0.2) is 0 Å². The van der Waals surface area contributed by atoms with E-state index >= 15 is 0 Å². The van der Waals surface area contributed by atoms with E-state index in [-0.39, 0.29) is 24.8 Å². The lowest BCUT2D eigenvalue weighted by Gasteiger charge is -2.17. The van der Waals surface area contributed by atoms with E-state index in [1.165, 1.54) is 49.8 Å². The Kier molecular flexibility index (Phi) is 9.88. The Hall–Kier alpha value is -0.550. The minimum atomic E-state index is 0. The average molecular weight is 362 g/mol. The molecule has 2 N–H and O–H groups in total. The summed E-state index contributed by atoms with van der Waals surface area (Å²) in [6.07, 6.45) is 8.71. The molecule has 0 aromatic carbocycles. The number of ether oxygens (including phenoxy) is 1. The van der Waals surface area contributed by atoms with Crippen LogP contribution in [-0.2, 0) is 17.6 Å². The largest absolute Gasteiger partial charge is 0.377 e. The SMILES string of the molecule is Cl.Cl.c1cc2c(nc1CCCCCOC1CCNC1)NCCC2. The molecule has 1 atom stereocenters. The number of anilines is 1. The van der Waals surface area contributed by atoms with Crippen molar-refractivity contribution in [1.82, 2.24) is 10.3 Å². The van der Waals surface area contributed by atoms with Gasteiger partial charge in [0.05, 0.1) is 6.10 Å². The molecule has 6 heteroatoms. The molecule has 1 aromatic rings. The predicted octanol–water partition coefficient (Wildman–Crippen LogP) is 3.37. The van der Waals surface area contributed by atoms with Gasteiger partial charge in [-0.05, 0) is 56.7 Å². The molecule has 23 heavy (non-hydrogen) atoms. The number of nitrogens with zero attached hydrogens (tertiary/aromatic N) is 1. The molecule has 1 unspecified atom stereocenters. The number of hydrogen-bond donors (Lipinski definition) is 2. The van der Waals surface area contributed by atoms with Gasteiger partial charge in [0.25, 0.3) is 0 Å². The van der Waals surface area contributed by atoms with Crippen LogP contribution in [0.3, 0.4) is 0 Å². The molecule has 0 radical (unpaired) electrons. The molecule has 2 aliphatic rings. The summed E-state index contributed by atoms with van der Waals surface area (Å²) in [5, 5.41) is 6.74. The molecule has 0 saturated carbocycles. The third kappa shape index (κ3) is 6.46. The van der Waals surface area contributed by atoms with E-state index in [0.717, 1.165) is 38.5 Å². The maximum Gasteiger partial charge on any atom is 0.129 e. The zero-order chi connectivity index (χ0) is 14.3. The van der Waals surface area contributed by atoms with Crippen molar-refractivity contribution in [3.63, 3.8) is 0 Å². The van der Waals surface area contributed by atoms with Crippen molar-refractivity contribution in [2.24, 2.45) is 0 Å². The van der Waals surface area contributed by atoms with Crippen LogP contribution >= 0.6 is 24.8 Å². The van der Waals surface area contributed by atoms with Gasteiger partial charge in [-0.15, -0.1) is 24.8 Å². The van der Waals surface area contributed by atoms with Crippen molar-refractivity contribution in [2.75, 3.05) is 31.6 Å². The standard InChI is InChI=1S/C17H27N3O.2ClH/c1(3-12-21-16-9-11-18-13-16)2-6-15-8-7-14-5-4-10-19-17(14)20-15;;/h7-8,16,18H,1-6,9-13H2,(H,19,20);2*1H. The highest BCUT2D eigenvalue weighted by atomic mass is 35.5. The van der Waals surface area contributed by atoms with Crippen LogP contribution in [0.1, 0.15) is 43.4 Å². The zero-order valence-electron chi connectivity index (χ0n) is 13.7. The lowest BCUT2D eigenvalue weighted by molar-refractivity contribution is 0.0642. The molecule has 0 amide bonds. The number of fused-ring (bicyclic) bond motifs is 1. The van der Waals surface area contributed by atoms with E-state index in [4.69, 9.17) is 9.72 Å². The first-order chi connectivity index (χ1) is 10.4. The number of pyridine rings is 1. The summed E-state index contributed by atoms with van der Waals surface area (Å²) >= 11 is 0. The topological polar surface area (TPSA) is 46.2 Å². The molecule has 0 aliphatic carbocycles. The van der Waals surface area contributed by atoms with Crippen LogP contribution in [-0.4, -0.2) is 37.3 Å². The second-order valence-corrected chi connectivity index (χ2v) is 6.14. The Morgan fingerprint density at radius 3 is 2.87 bits per heavy atom. The highest BCUT2D eigenvalue weighted by Gasteiger charge is 2.14. The van der Waals surface area contributed by atoms with Gasteiger partial charge in [0, 0.05) is 25.4 Å². The summed E-state index contributed by atoms with van der Waals surface area (Å²) < 4.78 is 5.84. The maximum absolute atomic E-state index is 5.84. The molecule has 4 nitrogen and oxygen atoms in total. The van der Waals surface area contributed by atoms with E-state index in [9.17, 15) is 0 Å². The predicted molar refractivity (Wildman–Crippen MR) is 100 cm³/mol. The molecule has 1 fully saturated rings. The van der Waals surface area contributed by atoms with Crippen molar-refractivity contribution in [2.45, 2.75) is 51.0 Å². The van der Waals surface area contributed by atoms with E-state index in [0.29, 0.717) is 6.10 Å². The fraction of sp³-hybridized carbons (Fsp3) is 0.706. The summed E-state index contributed by atoms with van der Waals surface area (Å²) in [4.78, 5) is 4.74. The van der Waals surface area contributed by atoms with Crippen molar-refractivity contribution >= 4 is 30.6 Å². The van der Waals surface area contributed by atoms with Crippen LogP contribution in [0, 0.1) is 0 Å². The van der Waals surface area contributed by atoms with Gasteiger partial charge in [-0.25, -0.2) is 4.98 Å². The number of aryl methyl sites for hydroxylation is 2. The number of rotatable bonds is 7. The van der Waals surface area contributed by atoms with E-state index < -0.39 is 0 Å². The molecule has 0 bridgehead atoms. The summed E-state index contributed by atoms with van der Waals surface area (Å²) in [6, 6.07) is 4.45. The second kappa shape index (κ2) is 11.1. The van der Waals surface area contributed by atoms with Crippen LogP contribution in [0.2, 0.25) is 0 Å². The van der Waals surface area contributed by atoms with Crippen molar-refractivity contribution < 1.29 is 4.74 Å². The van der Waals surface area contributed by atoms with Crippen molar-refractivity contribution in [1.29, 1.82) is 0 Å². The summed E-state index contributed by atoms with van der Waals surface area (Å²) in [6.45, 7) is 4.12. The van der Waals surface area contributed by atoms with Gasteiger partial charge >= 0.3 is 0 Å². The fourth-order valence-corrected chi connectivity index (χ4v) is 3.11. The molecule has 1 saturated heterocycles. The number of nitrogens with one attached hydrogen (secondary N) is 2. The van der Waals surface area contributed by atoms with Gasteiger partial charge in [0.2, 0.25) is 0 Å². The smallest absolute Gasteiger partial charge is 0.129 e. The summed E-state index contributed by atoms with van der Waals surface area (Å²) in [7, 11) is 0. The molecule has 3 rings (SSSR count). The first-order valence-electron chi connectivity index (χ1n) is 8.47. The Morgan fingerprint density at radius 2 is 2.04 bits per heavy atom. The molecule has 2 aliphatic heterocycles. The molecular formula is C17H29Cl2N3O. The van der Waals surface area contributed by atoms with Gasteiger partial charge in [-0.2, -0.15) is 0 Å². The van der Waals surface area contributed by atoms with E-state index in [2.05, 4.69) is 22.8 Å². The molecule has 3 heterocycles. The molecule has 132 valence electrons. The quantitative estimate of drug-likeness (QED) is 0.730. The number of hydrogen-bond acceptors (Lipinski definition) is 4. The maximum atomic E-state index is 5.84. The summed E-state index contributed by atoms with van der Waals surface area (Å²) in [5.74, 6) is 1.12. The Labute approximate surface area is 152 Å². The van der Waals surface area contributed by atoms with Crippen LogP contribution in [0.25, 0.3) is 0 Å². The van der Waals surface area contributed by atoms with Crippen molar-refractivity contribution in [3.05, 3.63) is 23.4 Å². The Morgan fingerprint density at radius 1 is 1.13 bits per heavy atom. The Bertz CT molecular complexity index is 453. The number of halogens is 2. The minimum absolute atomic E-state index is 0. The molecule has 0 spiro atoms.